The van der Waals surface area contributed by atoms with Crippen LogP contribution in [0.4, 0.5) is 4.79 Å². The van der Waals surface area contributed by atoms with E-state index in [4.69, 9.17) is 0 Å². The Hall–Kier alpha value is -1.14. The molecule has 2 unspecified atom stereocenters. The van der Waals surface area contributed by atoms with Crippen molar-refractivity contribution >= 4 is 17.4 Å². The highest BCUT2D eigenvalue weighted by Gasteiger charge is 2.09. The number of nitrogens with one attached hydrogen (secondary N) is 2. The van der Waals surface area contributed by atoms with Crippen LogP contribution in [0.5, 0.6) is 0 Å². The van der Waals surface area contributed by atoms with Crippen LogP contribution in [0.15, 0.2) is 5.38 Å². The van der Waals surface area contributed by atoms with Crippen LogP contribution in [0.2, 0.25) is 0 Å². The number of aliphatic hydroxyl groups excluding tert-OH is 1. The average molecular weight is 299 g/mol. The molecule has 0 saturated heterocycles. The molecule has 0 aliphatic heterocycles. The summed E-state index contributed by atoms with van der Waals surface area (Å²) in [4.78, 5) is 16.1. The van der Waals surface area contributed by atoms with E-state index >= 15 is 0 Å². The number of hydrogen-bond donors (Lipinski definition) is 3. The Morgan fingerprint density at radius 1 is 1.35 bits per heavy atom. The number of nitrogens with zero attached hydrogens (tertiary/aromatic N) is 1. The molecular formula is C14H25N3O2S. The predicted octanol–water partition coefficient (Wildman–Crippen LogP) is 2.47. The highest BCUT2D eigenvalue weighted by molar-refractivity contribution is 7.09. The number of carbonyl (C=O) groups excluding carboxylic acids is 1. The number of thiazole rings is 1. The Bertz CT molecular complexity index is 418. The maximum absolute atomic E-state index is 11.6. The Labute approximate surface area is 124 Å². The summed E-state index contributed by atoms with van der Waals surface area (Å²) in [5.41, 5.74) is 0.894. The Kier molecular flexibility index (Phi) is 6.95. The largest absolute Gasteiger partial charge is 0.393 e. The number of carbonyl (C=O) groups is 1. The highest BCUT2D eigenvalue weighted by Crippen LogP contribution is 2.18. The van der Waals surface area contributed by atoms with E-state index in [0.29, 0.717) is 25.4 Å². The monoisotopic (exact) mass is 299 g/mol. The average Bonchev–Trinajstić information content (AvgIpc) is 2.82. The lowest BCUT2D eigenvalue weighted by atomic mass is 10.1. The maximum Gasteiger partial charge on any atom is 0.315 e. The molecule has 114 valence electrons. The molecular weight excluding hydrogens is 274 g/mol. The van der Waals surface area contributed by atoms with Gasteiger partial charge in [0.05, 0.1) is 23.4 Å². The molecule has 6 heteroatoms. The molecule has 0 bridgehead atoms. The summed E-state index contributed by atoms with van der Waals surface area (Å²) >= 11 is 1.62. The molecule has 1 heterocycles. The number of aliphatic hydroxyl groups is 1. The van der Waals surface area contributed by atoms with Crippen LogP contribution in [-0.4, -0.2) is 28.8 Å². The summed E-state index contributed by atoms with van der Waals surface area (Å²) < 4.78 is 0. The summed E-state index contributed by atoms with van der Waals surface area (Å²) in [7, 11) is 0. The molecule has 2 atom stereocenters. The van der Waals surface area contributed by atoms with Crippen LogP contribution in [0.25, 0.3) is 0 Å². The van der Waals surface area contributed by atoms with Crippen molar-refractivity contribution < 1.29 is 9.90 Å². The minimum atomic E-state index is -0.334. The normalized spacial score (nSPS) is 14.1. The van der Waals surface area contributed by atoms with Crippen molar-refractivity contribution in [2.75, 3.05) is 6.54 Å². The number of urea groups is 1. The fraction of sp³-hybridized carbons (Fsp3) is 0.714. The van der Waals surface area contributed by atoms with Crippen LogP contribution in [0, 0.1) is 5.92 Å². The minimum absolute atomic E-state index is 0.193. The standard InChI is InChI=1S/C14H25N3O2S/c1-9(2)13-17-12(8-20-13)7-16-14(19)15-6-10(3)5-11(4)18/h8-11,18H,5-7H2,1-4H3,(H2,15,16,19). The summed E-state index contributed by atoms with van der Waals surface area (Å²) in [6, 6.07) is -0.193. The van der Waals surface area contributed by atoms with Crippen molar-refractivity contribution in [1.29, 1.82) is 0 Å². The van der Waals surface area contributed by atoms with Crippen LogP contribution < -0.4 is 10.6 Å². The molecule has 1 aromatic heterocycles. The Morgan fingerprint density at radius 3 is 2.60 bits per heavy atom. The van der Waals surface area contributed by atoms with Crippen molar-refractivity contribution in [1.82, 2.24) is 15.6 Å². The molecule has 20 heavy (non-hydrogen) atoms. The number of rotatable bonds is 7. The SMILES string of the molecule is CC(O)CC(C)CNC(=O)NCc1csc(C(C)C)n1. The van der Waals surface area contributed by atoms with E-state index in [-0.39, 0.29) is 18.1 Å². The lowest BCUT2D eigenvalue weighted by Crippen LogP contribution is -2.37. The summed E-state index contributed by atoms with van der Waals surface area (Å²) in [5, 5.41) is 17.9. The van der Waals surface area contributed by atoms with Gasteiger partial charge in [0.25, 0.3) is 0 Å². The first kappa shape index (κ1) is 16.9. The van der Waals surface area contributed by atoms with Gasteiger partial charge in [-0.1, -0.05) is 20.8 Å². The summed E-state index contributed by atoms with van der Waals surface area (Å²) in [5.74, 6) is 0.677. The molecule has 0 radical (unpaired) electrons. The van der Waals surface area contributed by atoms with E-state index in [1.807, 2.05) is 12.3 Å². The van der Waals surface area contributed by atoms with Gasteiger partial charge in [-0.2, -0.15) is 0 Å². The molecule has 0 spiro atoms. The van der Waals surface area contributed by atoms with E-state index in [9.17, 15) is 9.90 Å². The van der Waals surface area contributed by atoms with Crippen molar-refractivity contribution in [2.24, 2.45) is 5.92 Å². The topological polar surface area (TPSA) is 74.2 Å². The first-order valence-corrected chi connectivity index (χ1v) is 7.90. The summed E-state index contributed by atoms with van der Waals surface area (Å²) in [6.07, 6.45) is 0.351. The molecule has 3 N–H and O–H groups in total. The van der Waals surface area contributed by atoms with Gasteiger partial charge in [0.1, 0.15) is 0 Å². The lowest BCUT2D eigenvalue weighted by molar-refractivity contribution is 0.163. The first-order valence-electron chi connectivity index (χ1n) is 7.02. The second-order valence-electron chi connectivity index (χ2n) is 5.59. The number of amides is 2. The van der Waals surface area contributed by atoms with E-state index in [1.165, 1.54) is 0 Å². The Balaban J connectivity index is 2.25. The van der Waals surface area contributed by atoms with E-state index in [0.717, 1.165) is 10.7 Å². The molecule has 0 aromatic carbocycles. The number of aromatic nitrogens is 1. The zero-order valence-electron chi connectivity index (χ0n) is 12.6. The highest BCUT2D eigenvalue weighted by atomic mass is 32.1. The first-order chi connectivity index (χ1) is 9.38. The molecule has 2 amide bonds. The van der Waals surface area contributed by atoms with Gasteiger partial charge < -0.3 is 15.7 Å². The van der Waals surface area contributed by atoms with Crippen molar-refractivity contribution in [2.45, 2.75) is 52.7 Å². The molecule has 5 nitrogen and oxygen atoms in total. The molecule has 0 aliphatic carbocycles. The second kappa shape index (κ2) is 8.21. The Morgan fingerprint density at radius 2 is 2.05 bits per heavy atom. The van der Waals surface area contributed by atoms with E-state index in [2.05, 4.69) is 29.5 Å². The molecule has 1 rings (SSSR count). The molecule has 0 aliphatic rings. The smallest absolute Gasteiger partial charge is 0.315 e. The minimum Gasteiger partial charge on any atom is -0.393 e. The molecule has 0 fully saturated rings. The summed E-state index contributed by atoms with van der Waals surface area (Å²) in [6.45, 7) is 8.97. The zero-order chi connectivity index (χ0) is 15.1. The molecule has 1 aromatic rings. The zero-order valence-corrected chi connectivity index (χ0v) is 13.5. The van der Waals surface area contributed by atoms with Gasteiger partial charge in [-0.05, 0) is 19.3 Å². The van der Waals surface area contributed by atoms with Crippen LogP contribution >= 0.6 is 11.3 Å². The van der Waals surface area contributed by atoms with E-state index < -0.39 is 0 Å². The van der Waals surface area contributed by atoms with Gasteiger partial charge in [-0.15, -0.1) is 11.3 Å². The fourth-order valence-corrected chi connectivity index (χ4v) is 2.67. The van der Waals surface area contributed by atoms with Gasteiger partial charge in [-0.3, -0.25) is 0 Å². The molecule has 0 saturated carbocycles. The van der Waals surface area contributed by atoms with Gasteiger partial charge in [0, 0.05) is 17.8 Å². The van der Waals surface area contributed by atoms with Gasteiger partial charge in [-0.25, -0.2) is 9.78 Å². The fourth-order valence-electron chi connectivity index (χ4n) is 1.83. The maximum atomic E-state index is 11.6. The lowest BCUT2D eigenvalue weighted by Gasteiger charge is -2.14. The van der Waals surface area contributed by atoms with Gasteiger partial charge in [0.2, 0.25) is 0 Å². The predicted molar refractivity (Wildman–Crippen MR) is 81.9 cm³/mol. The number of hydrogen-bond acceptors (Lipinski definition) is 4. The van der Waals surface area contributed by atoms with Crippen LogP contribution in [0.3, 0.4) is 0 Å². The third-order valence-corrected chi connectivity index (χ3v) is 4.04. The van der Waals surface area contributed by atoms with E-state index in [1.54, 1.807) is 18.3 Å². The van der Waals surface area contributed by atoms with Crippen molar-refractivity contribution in [3.8, 4) is 0 Å². The van der Waals surface area contributed by atoms with Gasteiger partial charge >= 0.3 is 6.03 Å². The second-order valence-corrected chi connectivity index (χ2v) is 6.47. The van der Waals surface area contributed by atoms with Gasteiger partial charge in [0.15, 0.2) is 0 Å². The third kappa shape index (κ3) is 6.34. The van der Waals surface area contributed by atoms with Crippen molar-refractivity contribution in [3.63, 3.8) is 0 Å². The quantitative estimate of drug-likeness (QED) is 0.724. The third-order valence-electron chi connectivity index (χ3n) is 2.85. The van der Waals surface area contributed by atoms with Crippen molar-refractivity contribution in [3.05, 3.63) is 16.1 Å². The van der Waals surface area contributed by atoms with Crippen LogP contribution in [-0.2, 0) is 6.54 Å². The van der Waals surface area contributed by atoms with Crippen LogP contribution in [0.1, 0.15) is 50.7 Å².